The summed E-state index contributed by atoms with van der Waals surface area (Å²) in [6.45, 7) is 0. The van der Waals surface area contributed by atoms with Crippen molar-refractivity contribution in [1.29, 1.82) is 0 Å². The van der Waals surface area contributed by atoms with Gasteiger partial charge in [-0.2, -0.15) is 0 Å². The molecule has 0 bridgehead atoms. The molecule has 0 aliphatic rings. The number of anilines is 2. The number of amides is 1. The van der Waals surface area contributed by atoms with Crippen LogP contribution in [-0.2, 0) is 4.79 Å². The van der Waals surface area contributed by atoms with E-state index in [4.69, 9.17) is 5.73 Å². The van der Waals surface area contributed by atoms with Gasteiger partial charge in [-0.3, -0.25) is 14.6 Å². The molecule has 0 unspecified atom stereocenters. The predicted molar refractivity (Wildman–Crippen MR) is 121 cm³/mol. The fourth-order valence-corrected chi connectivity index (χ4v) is 3.23. The molecule has 0 aliphatic carbocycles. The van der Waals surface area contributed by atoms with Gasteiger partial charge in [0, 0.05) is 30.2 Å². The van der Waals surface area contributed by atoms with E-state index in [1.165, 1.54) is 0 Å². The van der Waals surface area contributed by atoms with E-state index < -0.39 is 0 Å². The number of carbonyl (C=O) groups excluding carboxylic acids is 2. The minimum Gasteiger partial charge on any atom is -0.397 e. The Bertz CT molecular complexity index is 969. The molecule has 1 amide bonds. The molecule has 5 nitrogen and oxygen atoms in total. The van der Waals surface area contributed by atoms with Crippen LogP contribution in [0, 0.1) is 0 Å². The van der Waals surface area contributed by atoms with Crippen molar-refractivity contribution < 1.29 is 9.59 Å². The summed E-state index contributed by atoms with van der Waals surface area (Å²) in [5, 5.41) is 2.83. The molecule has 0 atom stereocenters. The maximum Gasteiger partial charge on any atom is 0.224 e. The lowest BCUT2D eigenvalue weighted by atomic mass is 10.0. The van der Waals surface area contributed by atoms with Crippen LogP contribution in [0.2, 0.25) is 0 Å². The zero-order valence-corrected chi connectivity index (χ0v) is 17.0. The highest BCUT2D eigenvalue weighted by Gasteiger charge is 2.08. The quantitative estimate of drug-likeness (QED) is 0.267. The molecule has 1 heterocycles. The Balaban J connectivity index is 1.33. The highest BCUT2D eigenvalue weighted by Crippen LogP contribution is 2.19. The maximum atomic E-state index is 12.4. The largest absolute Gasteiger partial charge is 0.397 e. The third-order valence-electron chi connectivity index (χ3n) is 4.95. The molecular weight excluding hydrogens is 374 g/mol. The van der Waals surface area contributed by atoms with E-state index in [-0.39, 0.29) is 11.7 Å². The fraction of sp³-hybridized carbons (Fsp3) is 0.240. The third-order valence-corrected chi connectivity index (χ3v) is 4.95. The molecule has 3 rings (SSSR count). The Morgan fingerprint density at radius 2 is 1.50 bits per heavy atom. The first-order valence-corrected chi connectivity index (χ1v) is 10.3. The maximum absolute atomic E-state index is 12.4. The third kappa shape index (κ3) is 6.27. The van der Waals surface area contributed by atoms with Gasteiger partial charge >= 0.3 is 0 Å². The van der Waals surface area contributed by atoms with E-state index in [1.807, 2.05) is 54.6 Å². The van der Waals surface area contributed by atoms with Crippen molar-refractivity contribution in [1.82, 2.24) is 4.98 Å². The number of nitrogens with two attached hydrogens (primary N) is 1. The van der Waals surface area contributed by atoms with Crippen molar-refractivity contribution in [3.8, 4) is 11.3 Å². The SMILES string of the molecule is Nc1ccccc1NC(=O)CCCCCCC(=O)c1ccc(-c2ccccc2)nc1. The number of benzene rings is 2. The summed E-state index contributed by atoms with van der Waals surface area (Å²) in [5.74, 6) is 0.0768. The summed E-state index contributed by atoms with van der Waals surface area (Å²) in [7, 11) is 0. The Hall–Kier alpha value is -3.47. The van der Waals surface area contributed by atoms with Gasteiger partial charge in [0.05, 0.1) is 17.1 Å². The summed E-state index contributed by atoms with van der Waals surface area (Å²) in [4.78, 5) is 28.8. The van der Waals surface area contributed by atoms with Crippen LogP contribution in [0.1, 0.15) is 48.9 Å². The molecule has 3 N–H and O–H groups in total. The van der Waals surface area contributed by atoms with E-state index in [2.05, 4.69) is 10.3 Å². The number of nitrogens with one attached hydrogen (secondary N) is 1. The minimum absolute atomic E-state index is 0.0337. The van der Waals surface area contributed by atoms with Gasteiger partial charge < -0.3 is 11.1 Å². The van der Waals surface area contributed by atoms with Gasteiger partial charge in [-0.25, -0.2) is 0 Å². The summed E-state index contributed by atoms with van der Waals surface area (Å²) in [6, 6.07) is 20.9. The molecule has 154 valence electrons. The van der Waals surface area contributed by atoms with Gasteiger partial charge in [-0.1, -0.05) is 55.3 Å². The Labute approximate surface area is 177 Å². The molecule has 5 heteroatoms. The van der Waals surface area contributed by atoms with Crippen molar-refractivity contribution >= 4 is 23.1 Å². The molecule has 30 heavy (non-hydrogen) atoms. The predicted octanol–water partition coefficient (Wildman–Crippen LogP) is 5.49. The first kappa shape index (κ1) is 21.2. The average molecular weight is 402 g/mol. The molecule has 0 saturated carbocycles. The molecule has 0 saturated heterocycles. The monoisotopic (exact) mass is 401 g/mol. The van der Waals surface area contributed by atoms with Crippen molar-refractivity contribution in [2.45, 2.75) is 38.5 Å². The molecule has 2 aromatic carbocycles. The Morgan fingerprint density at radius 3 is 2.20 bits per heavy atom. The van der Waals surface area contributed by atoms with Crippen LogP contribution in [0.4, 0.5) is 11.4 Å². The number of carbonyl (C=O) groups is 2. The van der Waals surface area contributed by atoms with Crippen LogP contribution < -0.4 is 11.1 Å². The molecule has 3 aromatic rings. The van der Waals surface area contributed by atoms with E-state index in [0.717, 1.165) is 36.9 Å². The van der Waals surface area contributed by atoms with Crippen molar-refractivity contribution in [3.63, 3.8) is 0 Å². The topological polar surface area (TPSA) is 85.1 Å². The first-order chi connectivity index (χ1) is 14.6. The molecular formula is C25H27N3O2. The number of Topliss-reactive ketones (excluding diaryl/α,β-unsaturated/α-hetero) is 1. The zero-order chi connectivity index (χ0) is 21.2. The average Bonchev–Trinajstić information content (AvgIpc) is 2.78. The number of nitrogen functional groups attached to an aromatic ring is 1. The number of aromatic nitrogens is 1. The van der Waals surface area contributed by atoms with E-state index >= 15 is 0 Å². The second-order valence-corrected chi connectivity index (χ2v) is 7.27. The Kier molecular flexibility index (Phi) is 7.72. The number of unbranched alkanes of at least 4 members (excludes halogenated alkanes) is 3. The number of nitrogens with zero attached hydrogens (tertiary/aromatic N) is 1. The molecule has 0 fully saturated rings. The lowest BCUT2D eigenvalue weighted by Crippen LogP contribution is -2.12. The summed E-state index contributed by atoms with van der Waals surface area (Å²) in [6.07, 6.45) is 6.04. The van der Waals surface area contributed by atoms with Crippen LogP contribution in [0.5, 0.6) is 0 Å². The molecule has 1 aromatic heterocycles. The van der Waals surface area contributed by atoms with Gasteiger partial charge in [-0.15, -0.1) is 0 Å². The number of para-hydroxylation sites is 2. The normalized spacial score (nSPS) is 10.5. The van der Waals surface area contributed by atoms with E-state index in [1.54, 1.807) is 18.3 Å². The van der Waals surface area contributed by atoms with Gasteiger partial charge in [0.1, 0.15) is 0 Å². The van der Waals surface area contributed by atoms with E-state index in [9.17, 15) is 9.59 Å². The van der Waals surface area contributed by atoms with Gasteiger partial charge in [0.2, 0.25) is 5.91 Å². The molecule has 0 aliphatic heterocycles. The van der Waals surface area contributed by atoms with Crippen LogP contribution in [0.25, 0.3) is 11.3 Å². The first-order valence-electron chi connectivity index (χ1n) is 10.3. The number of pyridine rings is 1. The highest BCUT2D eigenvalue weighted by atomic mass is 16.1. The van der Waals surface area contributed by atoms with Crippen LogP contribution in [0.15, 0.2) is 72.9 Å². The van der Waals surface area contributed by atoms with Crippen LogP contribution in [-0.4, -0.2) is 16.7 Å². The van der Waals surface area contributed by atoms with Gasteiger partial charge in [-0.05, 0) is 37.1 Å². The number of hydrogen-bond donors (Lipinski definition) is 2. The number of hydrogen-bond acceptors (Lipinski definition) is 4. The standard InChI is InChI=1S/C25H27N3O2/c26-21-12-8-9-13-23(21)28-25(30)15-7-2-1-6-14-24(29)20-16-17-22(27-18-20)19-10-4-3-5-11-19/h3-5,8-13,16-18H,1-2,6-7,14-15,26H2,(H,28,30). The van der Waals surface area contributed by atoms with Crippen LogP contribution in [0.3, 0.4) is 0 Å². The van der Waals surface area contributed by atoms with Crippen molar-refractivity contribution in [3.05, 3.63) is 78.5 Å². The lowest BCUT2D eigenvalue weighted by molar-refractivity contribution is -0.116. The number of ketones is 1. The summed E-state index contributed by atoms with van der Waals surface area (Å²) in [5.41, 5.74) is 9.59. The molecule has 0 radical (unpaired) electrons. The number of rotatable bonds is 10. The summed E-state index contributed by atoms with van der Waals surface area (Å²) < 4.78 is 0. The van der Waals surface area contributed by atoms with Gasteiger partial charge in [0.25, 0.3) is 0 Å². The highest BCUT2D eigenvalue weighted by molar-refractivity contribution is 5.96. The molecule has 0 spiro atoms. The van der Waals surface area contributed by atoms with Gasteiger partial charge in [0.15, 0.2) is 5.78 Å². The van der Waals surface area contributed by atoms with Crippen molar-refractivity contribution in [2.75, 3.05) is 11.1 Å². The smallest absolute Gasteiger partial charge is 0.224 e. The second-order valence-electron chi connectivity index (χ2n) is 7.27. The zero-order valence-electron chi connectivity index (χ0n) is 17.0. The minimum atomic E-state index is -0.0337. The van der Waals surface area contributed by atoms with Crippen LogP contribution >= 0.6 is 0 Å². The summed E-state index contributed by atoms with van der Waals surface area (Å²) >= 11 is 0. The van der Waals surface area contributed by atoms with E-state index in [0.29, 0.717) is 29.8 Å². The second kappa shape index (κ2) is 10.9. The lowest BCUT2D eigenvalue weighted by Gasteiger charge is -2.07. The Morgan fingerprint density at radius 1 is 0.800 bits per heavy atom. The fourth-order valence-electron chi connectivity index (χ4n) is 3.23. The van der Waals surface area contributed by atoms with Crippen molar-refractivity contribution in [2.24, 2.45) is 0 Å².